The van der Waals surface area contributed by atoms with Crippen LogP contribution in [-0.4, -0.2) is 22.9 Å². The largest absolute Gasteiger partial charge is 0.758 e. The zero-order valence-corrected chi connectivity index (χ0v) is 7.71. The summed E-state index contributed by atoms with van der Waals surface area (Å²) in [5.74, 6) is -1.56. The van der Waals surface area contributed by atoms with E-state index in [0.29, 0.717) is 10.6 Å². The van der Waals surface area contributed by atoms with E-state index in [1.807, 2.05) is 0 Å². The van der Waals surface area contributed by atoms with Crippen molar-refractivity contribution in [1.82, 2.24) is 0 Å². The fraction of sp³-hybridized carbons (Fsp3) is 0.200. The first kappa shape index (κ1) is 9.67. The summed E-state index contributed by atoms with van der Waals surface area (Å²) in [6, 6.07) is 5.22. The van der Waals surface area contributed by atoms with Crippen molar-refractivity contribution in [1.29, 1.82) is 0 Å². The number of hydrogen-bond acceptors (Lipinski definition) is 4. The van der Waals surface area contributed by atoms with Crippen LogP contribution in [0, 0.1) is 5.21 Å². The minimum Gasteiger partial charge on any atom is -0.758 e. The van der Waals surface area contributed by atoms with Crippen molar-refractivity contribution < 1.29 is 14.7 Å². The molecule has 0 aliphatic carbocycles. The summed E-state index contributed by atoms with van der Waals surface area (Å²) in [5.41, 5.74) is 0.563. The van der Waals surface area contributed by atoms with Gasteiger partial charge < -0.3 is 15.4 Å². The number of carbonyl (C=O) groups is 2. The molecular formula is C10H8NO4-. The topological polar surface area (TPSA) is 80.7 Å². The molecule has 15 heavy (non-hydrogen) atoms. The summed E-state index contributed by atoms with van der Waals surface area (Å²) in [5, 5.41) is 20.6. The van der Waals surface area contributed by atoms with E-state index >= 15 is 0 Å². The number of aliphatic carboxylic acids is 1. The maximum absolute atomic E-state index is 11.6. The van der Waals surface area contributed by atoms with Crippen LogP contribution in [0.2, 0.25) is 0 Å². The summed E-state index contributed by atoms with van der Waals surface area (Å²) < 4.78 is 0. The third-order valence-corrected chi connectivity index (χ3v) is 2.36. The Labute approximate surface area is 85.5 Å². The number of Topliss-reactive ketones (excluding diaryl/α,β-unsaturated/α-hetero) is 1. The molecule has 1 atom stereocenters. The molecule has 0 saturated heterocycles. The van der Waals surface area contributed by atoms with Gasteiger partial charge in [0.2, 0.25) is 0 Å². The number of benzene rings is 1. The van der Waals surface area contributed by atoms with Gasteiger partial charge in [0.25, 0.3) is 0 Å². The third-order valence-electron chi connectivity index (χ3n) is 2.36. The number of carboxylic acid groups (broad SMARTS) is 1. The first-order valence-corrected chi connectivity index (χ1v) is 4.42. The van der Waals surface area contributed by atoms with E-state index in [-0.39, 0.29) is 5.69 Å². The van der Waals surface area contributed by atoms with Gasteiger partial charge in [-0.3, -0.25) is 9.59 Å². The van der Waals surface area contributed by atoms with Crippen molar-refractivity contribution in [3.63, 3.8) is 0 Å². The van der Waals surface area contributed by atoms with Gasteiger partial charge in [0, 0.05) is 11.3 Å². The number of rotatable bonds is 2. The van der Waals surface area contributed by atoms with Gasteiger partial charge in [0.1, 0.15) is 0 Å². The second-order valence-corrected chi connectivity index (χ2v) is 3.32. The minimum atomic E-state index is -1.15. The Morgan fingerprint density at radius 2 is 2.13 bits per heavy atom. The first-order valence-electron chi connectivity index (χ1n) is 4.42. The molecule has 2 rings (SSSR count). The molecule has 0 radical (unpaired) electrons. The smallest absolute Gasteiger partial charge is 0.305 e. The predicted molar refractivity (Wildman–Crippen MR) is 52.7 cm³/mol. The maximum atomic E-state index is 11.6. The number of anilines is 1. The summed E-state index contributed by atoms with van der Waals surface area (Å²) in [7, 11) is 0. The second-order valence-electron chi connectivity index (χ2n) is 3.32. The van der Waals surface area contributed by atoms with E-state index in [1.54, 1.807) is 12.1 Å². The molecule has 5 nitrogen and oxygen atoms in total. The second kappa shape index (κ2) is 3.36. The van der Waals surface area contributed by atoms with Gasteiger partial charge in [-0.05, 0) is 12.1 Å². The highest BCUT2D eigenvalue weighted by Crippen LogP contribution is 2.32. The molecule has 1 aliphatic rings. The van der Waals surface area contributed by atoms with E-state index < -0.39 is 24.2 Å². The van der Waals surface area contributed by atoms with Crippen LogP contribution < -0.4 is 5.06 Å². The number of hydrogen-bond donors (Lipinski definition) is 1. The molecule has 5 heteroatoms. The zero-order chi connectivity index (χ0) is 11.0. The van der Waals surface area contributed by atoms with Crippen molar-refractivity contribution in [2.75, 3.05) is 5.06 Å². The van der Waals surface area contributed by atoms with Gasteiger partial charge in [-0.1, -0.05) is 12.1 Å². The molecule has 0 amide bonds. The van der Waals surface area contributed by atoms with Crippen LogP contribution in [0.3, 0.4) is 0 Å². The van der Waals surface area contributed by atoms with Crippen LogP contribution >= 0.6 is 0 Å². The highest BCUT2D eigenvalue weighted by Gasteiger charge is 2.33. The van der Waals surface area contributed by atoms with Gasteiger partial charge >= 0.3 is 5.97 Å². The van der Waals surface area contributed by atoms with Gasteiger partial charge in [-0.2, -0.15) is 0 Å². The van der Waals surface area contributed by atoms with Crippen molar-refractivity contribution in [3.8, 4) is 0 Å². The molecular weight excluding hydrogens is 198 g/mol. The number of ketones is 1. The Morgan fingerprint density at radius 3 is 2.73 bits per heavy atom. The molecule has 1 N–H and O–H groups in total. The summed E-state index contributed by atoms with van der Waals surface area (Å²) >= 11 is 0. The molecule has 1 aromatic carbocycles. The fourth-order valence-electron chi connectivity index (χ4n) is 1.67. The zero-order valence-electron chi connectivity index (χ0n) is 7.71. The quantitative estimate of drug-likeness (QED) is 0.781. The van der Waals surface area contributed by atoms with Crippen molar-refractivity contribution in [2.24, 2.45) is 0 Å². The van der Waals surface area contributed by atoms with E-state index in [1.165, 1.54) is 12.1 Å². The van der Waals surface area contributed by atoms with Crippen molar-refractivity contribution in [3.05, 3.63) is 35.0 Å². The van der Waals surface area contributed by atoms with Crippen LogP contribution in [0.15, 0.2) is 24.3 Å². The highest BCUT2D eigenvalue weighted by molar-refractivity contribution is 6.12. The number of hydroxylamine groups is 1. The standard InChI is InChI=1S/C10H8NO4/c12-9(13)5-8-10(14)6-3-1-2-4-7(6)11(8)15/h1-4,8H,5H2,(H,12,13)/q-1. The normalized spacial score (nSPS) is 19.1. The molecule has 0 fully saturated rings. The van der Waals surface area contributed by atoms with E-state index in [0.717, 1.165) is 0 Å². The molecule has 1 aromatic rings. The Morgan fingerprint density at radius 1 is 1.47 bits per heavy atom. The number of para-hydroxylation sites is 1. The molecule has 1 heterocycles. The van der Waals surface area contributed by atoms with Gasteiger partial charge in [-0.25, -0.2) is 0 Å². The number of fused-ring (bicyclic) bond motifs is 1. The molecule has 1 aliphatic heterocycles. The average molecular weight is 206 g/mol. The number of nitrogens with zero attached hydrogens (tertiary/aromatic N) is 1. The summed E-state index contributed by atoms with van der Waals surface area (Å²) in [6.45, 7) is 0. The summed E-state index contributed by atoms with van der Waals surface area (Å²) in [6.07, 6.45) is -0.461. The molecule has 78 valence electrons. The Kier molecular flexibility index (Phi) is 2.17. The van der Waals surface area contributed by atoms with E-state index in [4.69, 9.17) is 5.11 Å². The molecule has 0 saturated carbocycles. The monoisotopic (exact) mass is 206 g/mol. The summed E-state index contributed by atoms with van der Waals surface area (Å²) in [4.78, 5) is 22.1. The number of carbonyl (C=O) groups excluding carboxylic acids is 1. The van der Waals surface area contributed by atoms with Crippen LogP contribution in [-0.2, 0) is 4.79 Å². The van der Waals surface area contributed by atoms with Crippen LogP contribution in [0.4, 0.5) is 5.69 Å². The lowest BCUT2D eigenvalue weighted by Crippen LogP contribution is -2.32. The van der Waals surface area contributed by atoms with Crippen LogP contribution in [0.1, 0.15) is 16.8 Å². The van der Waals surface area contributed by atoms with E-state index in [2.05, 4.69) is 0 Å². The predicted octanol–water partition coefficient (Wildman–Crippen LogP) is 1.03. The lowest BCUT2D eigenvalue weighted by molar-refractivity contribution is -0.137. The Hall–Kier alpha value is -1.88. The Balaban J connectivity index is 2.36. The molecule has 1 unspecified atom stereocenters. The first-order chi connectivity index (χ1) is 7.11. The molecule has 0 bridgehead atoms. The minimum absolute atomic E-state index is 0.258. The van der Waals surface area contributed by atoms with Crippen molar-refractivity contribution >= 4 is 17.4 Å². The fourth-order valence-corrected chi connectivity index (χ4v) is 1.67. The van der Waals surface area contributed by atoms with Crippen molar-refractivity contribution in [2.45, 2.75) is 12.5 Å². The third kappa shape index (κ3) is 1.46. The van der Waals surface area contributed by atoms with Gasteiger partial charge in [-0.15, -0.1) is 0 Å². The van der Waals surface area contributed by atoms with Crippen LogP contribution in [0.5, 0.6) is 0 Å². The number of carboxylic acids is 1. The maximum Gasteiger partial charge on any atom is 0.305 e. The van der Waals surface area contributed by atoms with Crippen LogP contribution in [0.25, 0.3) is 0 Å². The SMILES string of the molecule is O=C(O)CC1C(=O)c2ccccc2N1[O-]. The van der Waals surface area contributed by atoms with Gasteiger partial charge in [0.15, 0.2) is 5.78 Å². The average Bonchev–Trinajstić information content (AvgIpc) is 2.44. The molecule has 0 aromatic heterocycles. The molecule has 0 spiro atoms. The van der Waals surface area contributed by atoms with Gasteiger partial charge in [0.05, 0.1) is 12.5 Å². The highest BCUT2D eigenvalue weighted by atomic mass is 16.5. The Bertz CT molecular complexity index is 429. The lowest BCUT2D eigenvalue weighted by atomic mass is 10.1. The lowest BCUT2D eigenvalue weighted by Gasteiger charge is -2.30. The van der Waals surface area contributed by atoms with E-state index in [9.17, 15) is 14.8 Å².